The maximum atomic E-state index is 12.0. The van der Waals surface area contributed by atoms with Crippen LogP contribution >= 0.6 is 15.9 Å². The standard InChI is InChI=1S/C16H11BrO3S/c1-21(19,20)13-8-4-11(5-9-13)15-14(16(15)18)10-2-6-12(17)7-3-10/h2-9H,1H3/i17-3. The fraction of sp³-hybridized carbons (Fsp3) is 0.0625. The van der Waals surface area contributed by atoms with Crippen LogP contribution in [0.2, 0.25) is 0 Å². The first-order valence-corrected chi connectivity index (χ1v) is 8.92. The van der Waals surface area contributed by atoms with Crippen LogP contribution in [0.1, 0.15) is 0 Å². The Hall–Kier alpha value is -1.72. The van der Waals surface area contributed by atoms with Gasteiger partial charge in [0.05, 0.1) is 4.90 Å². The summed E-state index contributed by atoms with van der Waals surface area (Å²) in [6.07, 6.45) is 1.16. The minimum absolute atomic E-state index is 0.0180. The van der Waals surface area contributed by atoms with E-state index < -0.39 is 9.84 Å². The van der Waals surface area contributed by atoms with Crippen LogP contribution in [-0.4, -0.2) is 14.7 Å². The molecule has 5 heteroatoms. The Balaban J connectivity index is 1.97. The van der Waals surface area contributed by atoms with Crippen LogP contribution in [-0.2, 0) is 9.84 Å². The zero-order valence-electron chi connectivity index (χ0n) is 11.1. The van der Waals surface area contributed by atoms with Crippen molar-refractivity contribution in [1.29, 1.82) is 0 Å². The van der Waals surface area contributed by atoms with E-state index in [1.807, 2.05) is 24.3 Å². The molecule has 0 unspecified atom stereocenters. The summed E-state index contributed by atoms with van der Waals surface area (Å²) in [5, 5.41) is 0. The highest BCUT2D eigenvalue weighted by Crippen LogP contribution is 2.35. The van der Waals surface area contributed by atoms with Gasteiger partial charge in [0.25, 0.3) is 0 Å². The lowest BCUT2D eigenvalue weighted by atomic mass is 10.1. The van der Waals surface area contributed by atoms with Crippen molar-refractivity contribution < 1.29 is 8.42 Å². The van der Waals surface area contributed by atoms with Crippen LogP contribution in [0.3, 0.4) is 0 Å². The van der Waals surface area contributed by atoms with Gasteiger partial charge in [0.1, 0.15) is 0 Å². The van der Waals surface area contributed by atoms with Crippen LogP contribution in [0.15, 0.2) is 62.7 Å². The van der Waals surface area contributed by atoms with Gasteiger partial charge in [-0.3, -0.25) is 4.79 Å². The molecule has 0 amide bonds. The summed E-state index contributed by atoms with van der Waals surface area (Å²) in [5.41, 5.74) is 3.02. The van der Waals surface area contributed by atoms with Crippen LogP contribution in [0, 0.1) is 0 Å². The predicted octanol–water partition coefficient (Wildman–Crippen LogP) is 3.42. The molecule has 0 spiro atoms. The number of hydrogen-bond donors (Lipinski definition) is 0. The van der Waals surface area contributed by atoms with Crippen LogP contribution in [0.4, 0.5) is 0 Å². The lowest BCUT2D eigenvalue weighted by molar-refractivity contribution is 0.602. The molecule has 0 aliphatic rings. The van der Waals surface area contributed by atoms with Crippen LogP contribution in [0.25, 0.3) is 22.3 Å². The molecular weight excluding hydrogens is 349 g/mol. The molecule has 0 bridgehead atoms. The van der Waals surface area contributed by atoms with Crippen molar-refractivity contribution >= 4 is 25.8 Å². The average molecular weight is 360 g/mol. The van der Waals surface area contributed by atoms with Gasteiger partial charge in [-0.1, -0.05) is 40.2 Å². The molecule has 3 rings (SSSR count). The fourth-order valence-electron chi connectivity index (χ4n) is 2.21. The summed E-state index contributed by atoms with van der Waals surface area (Å²) in [5.74, 6) is 0. The largest absolute Gasteiger partial charge is 0.289 e. The van der Waals surface area contributed by atoms with E-state index in [2.05, 4.69) is 15.9 Å². The molecule has 0 radical (unpaired) electrons. The minimum atomic E-state index is -3.22. The molecule has 106 valence electrons. The number of halogens is 1. The summed E-state index contributed by atoms with van der Waals surface area (Å²) in [6.45, 7) is 0. The SMILES string of the molecule is CS(=O)(=O)c1ccc(-c2c(-c3ccc([77Br])cc3)c2=O)cc1. The second-order valence-electron chi connectivity index (χ2n) is 4.88. The van der Waals surface area contributed by atoms with E-state index in [1.54, 1.807) is 12.1 Å². The van der Waals surface area contributed by atoms with Crippen molar-refractivity contribution in [3.8, 4) is 22.3 Å². The third kappa shape index (κ3) is 2.71. The Labute approximate surface area is 131 Å². The Morgan fingerprint density at radius 1 is 0.810 bits per heavy atom. The molecule has 0 saturated carbocycles. The minimum Gasteiger partial charge on any atom is -0.289 e. The Morgan fingerprint density at radius 3 is 1.67 bits per heavy atom. The number of hydrogen-bond acceptors (Lipinski definition) is 3. The normalized spacial score (nSPS) is 11.9. The van der Waals surface area contributed by atoms with E-state index in [4.69, 9.17) is 0 Å². The molecule has 3 aromatic rings. The predicted molar refractivity (Wildman–Crippen MR) is 86.8 cm³/mol. The Bertz CT molecular complexity index is 913. The third-order valence-corrected chi connectivity index (χ3v) is 5.00. The van der Waals surface area contributed by atoms with Crippen LogP contribution < -0.4 is 5.43 Å². The second kappa shape index (κ2) is 4.93. The van der Waals surface area contributed by atoms with Crippen molar-refractivity contribution in [2.45, 2.75) is 4.90 Å². The highest BCUT2D eigenvalue weighted by Gasteiger charge is 2.25. The fourth-order valence-corrected chi connectivity index (χ4v) is 3.10. The first-order valence-electron chi connectivity index (χ1n) is 6.23. The maximum Gasteiger partial charge on any atom is 0.195 e. The van der Waals surface area contributed by atoms with E-state index in [9.17, 15) is 13.2 Å². The molecule has 0 aromatic heterocycles. The van der Waals surface area contributed by atoms with Gasteiger partial charge < -0.3 is 0 Å². The van der Waals surface area contributed by atoms with Crippen molar-refractivity contribution in [2.24, 2.45) is 0 Å². The van der Waals surface area contributed by atoms with Crippen molar-refractivity contribution in [3.63, 3.8) is 0 Å². The first-order chi connectivity index (χ1) is 9.88. The molecule has 0 heterocycles. The first kappa shape index (κ1) is 14.2. The molecule has 0 fully saturated rings. The van der Waals surface area contributed by atoms with Crippen molar-refractivity contribution in [2.75, 3.05) is 6.26 Å². The topological polar surface area (TPSA) is 51.2 Å². The van der Waals surface area contributed by atoms with E-state index in [0.29, 0.717) is 11.1 Å². The van der Waals surface area contributed by atoms with Gasteiger partial charge >= 0.3 is 0 Å². The van der Waals surface area contributed by atoms with Gasteiger partial charge in [0, 0.05) is 21.9 Å². The monoisotopic (exact) mass is 360 g/mol. The van der Waals surface area contributed by atoms with E-state index in [-0.39, 0.29) is 10.3 Å². The molecule has 0 atom stereocenters. The highest BCUT2D eigenvalue weighted by atomic mass is 76.9. The van der Waals surface area contributed by atoms with Gasteiger partial charge in [0.2, 0.25) is 0 Å². The van der Waals surface area contributed by atoms with Gasteiger partial charge in [-0.05, 0) is 35.4 Å². The number of rotatable bonds is 3. The lowest BCUT2D eigenvalue weighted by Gasteiger charge is -1.99. The number of benzene rings is 2. The molecule has 0 N–H and O–H groups in total. The molecule has 3 nitrogen and oxygen atoms in total. The summed E-state index contributed by atoms with van der Waals surface area (Å²) < 4.78 is 23.8. The maximum absolute atomic E-state index is 12.0. The van der Waals surface area contributed by atoms with Gasteiger partial charge in [-0.15, -0.1) is 0 Å². The smallest absolute Gasteiger partial charge is 0.195 e. The van der Waals surface area contributed by atoms with E-state index in [0.717, 1.165) is 21.9 Å². The zero-order chi connectivity index (χ0) is 15.2. The summed E-state index contributed by atoms with van der Waals surface area (Å²) in [6, 6.07) is 14.0. The third-order valence-electron chi connectivity index (χ3n) is 3.35. The lowest BCUT2D eigenvalue weighted by Crippen LogP contribution is -1.95. The van der Waals surface area contributed by atoms with Crippen molar-refractivity contribution in [3.05, 3.63) is 63.2 Å². The van der Waals surface area contributed by atoms with E-state index in [1.165, 1.54) is 12.1 Å². The molecule has 21 heavy (non-hydrogen) atoms. The van der Waals surface area contributed by atoms with Gasteiger partial charge in [-0.2, -0.15) is 0 Å². The average Bonchev–Trinajstić information content (AvgIpc) is 3.10. The molecular formula is C16H11BrO3S. The summed E-state index contributed by atoms with van der Waals surface area (Å²) in [4.78, 5) is 12.2. The molecule has 0 saturated heterocycles. The molecule has 3 aromatic carbocycles. The Morgan fingerprint density at radius 2 is 1.24 bits per heavy atom. The summed E-state index contributed by atoms with van der Waals surface area (Å²) in [7, 11) is -3.22. The van der Waals surface area contributed by atoms with Gasteiger partial charge in [-0.25, -0.2) is 8.42 Å². The van der Waals surface area contributed by atoms with E-state index >= 15 is 0 Å². The number of sulfone groups is 1. The summed E-state index contributed by atoms with van der Waals surface area (Å²) >= 11 is 3.36. The highest BCUT2D eigenvalue weighted by molar-refractivity contribution is 9.10. The van der Waals surface area contributed by atoms with Crippen molar-refractivity contribution in [1.82, 2.24) is 0 Å². The zero-order valence-corrected chi connectivity index (χ0v) is 13.5. The molecule has 0 aliphatic heterocycles. The van der Waals surface area contributed by atoms with Gasteiger partial charge in [0.15, 0.2) is 15.3 Å². The van der Waals surface area contributed by atoms with Crippen LogP contribution in [0.5, 0.6) is 0 Å². The molecule has 0 aliphatic carbocycles. The quantitative estimate of drug-likeness (QED) is 0.719. The Kier molecular flexibility index (Phi) is 3.34. The second-order valence-corrected chi connectivity index (χ2v) is 7.81.